The summed E-state index contributed by atoms with van der Waals surface area (Å²) in [4.78, 5) is 1.35. The highest BCUT2D eigenvalue weighted by molar-refractivity contribution is 5.55. The van der Waals surface area contributed by atoms with Gasteiger partial charge in [0, 0.05) is 12.4 Å². The van der Waals surface area contributed by atoms with Gasteiger partial charge in [-0.1, -0.05) is 6.58 Å². The fourth-order valence-corrected chi connectivity index (χ4v) is 1.60. The second-order valence-electron chi connectivity index (χ2n) is 4.05. The molecule has 1 aromatic heterocycles. The van der Waals surface area contributed by atoms with Gasteiger partial charge < -0.3 is 11.1 Å². The lowest BCUT2D eigenvalue weighted by Crippen LogP contribution is -2.06. The molecule has 100 valence electrons. The molecule has 0 spiro atoms. The van der Waals surface area contributed by atoms with Crippen molar-refractivity contribution in [2.75, 3.05) is 0 Å². The van der Waals surface area contributed by atoms with E-state index in [1.54, 1.807) is 12.1 Å². The molecule has 2 rings (SSSR count). The average Bonchev–Trinajstić information content (AvgIpc) is 2.94. The van der Waals surface area contributed by atoms with E-state index < -0.39 is 0 Å². The van der Waals surface area contributed by atoms with Gasteiger partial charge in [-0.15, -0.1) is 15.0 Å². The number of hydrogen-bond acceptors (Lipinski definition) is 6. The highest BCUT2D eigenvalue weighted by Gasteiger charge is 2.08. The van der Waals surface area contributed by atoms with Crippen molar-refractivity contribution < 1.29 is 0 Å². The van der Waals surface area contributed by atoms with Crippen LogP contribution in [-0.4, -0.2) is 20.2 Å². The van der Waals surface area contributed by atoms with Crippen LogP contribution in [-0.2, 0) is 0 Å². The van der Waals surface area contributed by atoms with Gasteiger partial charge in [0.2, 0.25) is 5.82 Å². The monoisotopic (exact) mass is 267 g/mol. The molecule has 0 radical (unpaired) electrons. The van der Waals surface area contributed by atoms with E-state index in [9.17, 15) is 0 Å². The molecule has 2 aromatic rings. The molecule has 7 nitrogen and oxygen atoms in total. The number of nitrogens with two attached hydrogens (primary N) is 1. The molecule has 20 heavy (non-hydrogen) atoms. The zero-order chi connectivity index (χ0) is 14.5. The predicted molar refractivity (Wildman–Crippen MR) is 74.1 cm³/mol. The van der Waals surface area contributed by atoms with Gasteiger partial charge in [-0.2, -0.15) is 5.26 Å². The van der Waals surface area contributed by atoms with Crippen LogP contribution in [0, 0.1) is 18.3 Å². The van der Waals surface area contributed by atoms with Gasteiger partial charge in [0.05, 0.1) is 23.0 Å². The van der Waals surface area contributed by atoms with Crippen LogP contribution >= 0.6 is 0 Å². The van der Waals surface area contributed by atoms with Crippen molar-refractivity contribution in [3.8, 4) is 11.8 Å². The Labute approximate surface area is 116 Å². The summed E-state index contributed by atoms with van der Waals surface area (Å²) in [6.07, 6.45) is 2.86. The summed E-state index contributed by atoms with van der Waals surface area (Å²) in [7, 11) is 0. The minimum absolute atomic E-state index is 0.350. The average molecular weight is 267 g/mol. The molecule has 0 aliphatic carbocycles. The van der Waals surface area contributed by atoms with Gasteiger partial charge in [-0.3, -0.25) is 0 Å². The predicted octanol–water partition coefficient (Wildman–Crippen LogP) is 0.833. The molecule has 3 N–H and O–H groups in total. The van der Waals surface area contributed by atoms with Gasteiger partial charge in [0.15, 0.2) is 0 Å². The Morgan fingerprint density at radius 2 is 2.30 bits per heavy atom. The first-order valence-corrected chi connectivity index (χ1v) is 5.79. The Kier molecular flexibility index (Phi) is 3.77. The molecule has 0 amide bonds. The minimum Gasteiger partial charge on any atom is -0.403 e. The molecule has 1 heterocycles. The molecular formula is C13H13N7. The lowest BCUT2D eigenvalue weighted by atomic mass is 10.1. The van der Waals surface area contributed by atoms with E-state index in [1.165, 1.54) is 17.2 Å². The standard InChI is InChI=1S/C13H13N7/c1-9-5-11(8-15)7-12(6-9)20-18-13(17-19-20)10(2)16-4-3-14/h3-7,16H,2,14H2,1H3/b4-3-. The number of rotatable bonds is 4. The third-order valence-corrected chi connectivity index (χ3v) is 2.46. The number of aryl methyl sites for hydroxylation is 1. The smallest absolute Gasteiger partial charge is 0.220 e. The molecular weight excluding hydrogens is 254 g/mol. The fraction of sp³-hybridized carbons (Fsp3) is 0.0769. The normalized spacial score (nSPS) is 10.4. The summed E-state index contributed by atoms with van der Waals surface area (Å²) in [5, 5.41) is 23.8. The van der Waals surface area contributed by atoms with Crippen LogP contribution in [0.5, 0.6) is 0 Å². The van der Waals surface area contributed by atoms with E-state index >= 15 is 0 Å². The van der Waals surface area contributed by atoms with Crippen LogP contribution in [0.25, 0.3) is 11.4 Å². The van der Waals surface area contributed by atoms with Crippen molar-refractivity contribution in [2.45, 2.75) is 6.92 Å². The first kappa shape index (κ1) is 13.3. The van der Waals surface area contributed by atoms with Crippen molar-refractivity contribution in [3.05, 3.63) is 54.1 Å². The summed E-state index contributed by atoms with van der Waals surface area (Å²) in [5.74, 6) is 0.350. The maximum atomic E-state index is 8.96. The topological polar surface area (TPSA) is 105 Å². The van der Waals surface area contributed by atoms with Crippen LogP contribution in [0.1, 0.15) is 17.0 Å². The molecule has 0 fully saturated rings. The number of nitrogens with one attached hydrogen (secondary N) is 1. The van der Waals surface area contributed by atoms with Crippen molar-refractivity contribution >= 4 is 5.70 Å². The second kappa shape index (κ2) is 5.67. The van der Waals surface area contributed by atoms with Crippen LogP contribution in [0.15, 0.2) is 37.2 Å². The van der Waals surface area contributed by atoms with E-state index in [0.29, 0.717) is 22.8 Å². The lowest BCUT2D eigenvalue weighted by Gasteiger charge is -2.01. The maximum absolute atomic E-state index is 8.96. The first-order valence-electron chi connectivity index (χ1n) is 5.79. The molecule has 0 unspecified atom stereocenters. The zero-order valence-corrected chi connectivity index (χ0v) is 10.9. The van der Waals surface area contributed by atoms with Crippen molar-refractivity contribution in [3.63, 3.8) is 0 Å². The highest BCUT2D eigenvalue weighted by Crippen LogP contribution is 2.12. The third kappa shape index (κ3) is 2.81. The highest BCUT2D eigenvalue weighted by atomic mass is 15.6. The lowest BCUT2D eigenvalue weighted by molar-refractivity contribution is 0.718. The second-order valence-corrected chi connectivity index (χ2v) is 4.05. The molecule has 0 aliphatic heterocycles. The van der Waals surface area contributed by atoms with Gasteiger partial charge in [0.25, 0.3) is 0 Å². The largest absolute Gasteiger partial charge is 0.403 e. The zero-order valence-electron chi connectivity index (χ0n) is 10.9. The number of hydrogen-bond donors (Lipinski definition) is 2. The Balaban J connectivity index is 2.31. The van der Waals surface area contributed by atoms with Gasteiger partial charge >= 0.3 is 0 Å². The van der Waals surface area contributed by atoms with E-state index in [0.717, 1.165) is 5.56 Å². The van der Waals surface area contributed by atoms with Crippen LogP contribution in [0.3, 0.4) is 0 Å². The molecule has 0 saturated heterocycles. The third-order valence-electron chi connectivity index (χ3n) is 2.46. The Hall–Kier alpha value is -3.14. The van der Waals surface area contributed by atoms with Crippen molar-refractivity contribution in [1.82, 2.24) is 25.5 Å². The van der Waals surface area contributed by atoms with Crippen LogP contribution < -0.4 is 11.1 Å². The van der Waals surface area contributed by atoms with Crippen molar-refractivity contribution in [1.29, 1.82) is 5.26 Å². The van der Waals surface area contributed by atoms with Gasteiger partial charge in [0.1, 0.15) is 0 Å². The molecule has 7 heteroatoms. The number of aromatic nitrogens is 4. The molecule has 0 saturated carbocycles. The van der Waals surface area contributed by atoms with E-state index in [1.807, 2.05) is 13.0 Å². The van der Waals surface area contributed by atoms with Crippen molar-refractivity contribution in [2.24, 2.45) is 5.73 Å². The van der Waals surface area contributed by atoms with Gasteiger partial charge in [-0.25, -0.2) is 0 Å². The summed E-state index contributed by atoms with van der Waals surface area (Å²) in [6, 6.07) is 7.43. The Bertz CT molecular complexity index is 706. The summed E-state index contributed by atoms with van der Waals surface area (Å²) in [6.45, 7) is 5.67. The van der Waals surface area contributed by atoms with Gasteiger partial charge in [-0.05, 0) is 35.9 Å². The number of benzene rings is 1. The maximum Gasteiger partial charge on any atom is 0.220 e. The fourth-order valence-electron chi connectivity index (χ4n) is 1.60. The molecule has 0 atom stereocenters. The number of nitriles is 1. The Morgan fingerprint density at radius 1 is 1.50 bits per heavy atom. The SMILES string of the molecule is C=C(N/C=C\N)c1nnn(-c2cc(C)cc(C#N)c2)n1. The number of nitrogens with zero attached hydrogens (tertiary/aromatic N) is 5. The first-order chi connectivity index (χ1) is 9.63. The quantitative estimate of drug-likeness (QED) is 0.850. The molecule has 1 aromatic carbocycles. The minimum atomic E-state index is 0.350. The van der Waals surface area contributed by atoms with Crippen LogP contribution in [0.4, 0.5) is 0 Å². The van der Waals surface area contributed by atoms with Crippen LogP contribution in [0.2, 0.25) is 0 Å². The van der Waals surface area contributed by atoms with E-state index in [-0.39, 0.29) is 0 Å². The summed E-state index contributed by atoms with van der Waals surface area (Å²) >= 11 is 0. The Morgan fingerprint density at radius 3 is 3.00 bits per heavy atom. The molecule has 0 bridgehead atoms. The molecule has 0 aliphatic rings. The summed E-state index contributed by atoms with van der Waals surface area (Å²) < 4.78 is 0. The summed E-state index contributed by atoms with van der Waals surface area (Å²) in [5.41, 5.74) is 7.86. The van der Waals surface area contributed by atoms with E-state index in [4.69, 9.17) is 11.0 Å². The number of tetrazole rings is 1. The van der Waals surface area contributed by atoms with E-state index in [2.05, 4.69) is 33.4 Å².